The van der Waals surface area contributed by atoms with Crippen molar-refractivity contribution in [3.8, 4) is 22.8 Å². The maximum atomic E-state index is 13.3. The van der Waals surface area contributed by atoms with Crippen molar-refractivity contribution in [2.45, 2.75) is 6.61 Å². The number of hydrogen-bond donors (Lipinski definition) is 0. The van der Waals surface area contributed by atoms with E-state index < -0.39 is 5.97 Å². The highest BCUT2D eigenvalue weighted by atomic mass is 79.9. The second-order valence-electron chi connectivity index (χ2n) is 6.91. The number of benzene rings is 3. The average molecular weight is 495 g/mol. The Morgan fingerprint density at radius 2 is 1.75 bits per heavy atom. The number of fused-ring (bicyclic) bond motifs is 1. The lowest BCUT2D eigenvalue weighted by Crippen LogP contribution is -2.10. The minimum Gasteiger partial charge on any atom is -0.496 e. The Balaban J connectivity index is 1.75. The van der Waals surface area contributed by atoms with E-state index in [1.54, 1.807) is 61.7 Å². The van der Waals surface area contributed by atoms with Gasteiger partial charge in [0.15, 0.2) is 5.76 Å². The molecular weight excluding hydrogens is 476 g/mol. The second-order valence-corrected chi connectivity index (χ2v) is 7.77. The number of rotatable bonds is 6. The third-order valence-electron chi connectivity index (χ3n) is 4.93. The van der Waals surface area contributed by atoms with E-state index in [4.69, 9.17) is 18.6 Å². The van der Waals surface area contributed by atoms with Gasteiger partial charge in [0.05, 0.1) is 29.6 Å². The van der Waals surface area contributed by atoms with E-state index in [1.807, 2.05) is 12.1 Å². The molecule has 0 radical (unpaired) electrons. The first-order valence-corrected chi connectivity index (χ1v) is 10.5. The van der Waals surface area contributed by atoms with E-state index in [0.29, 0.717) is 33.6 Å². The Bertz CT molecular complexity index is 1340. The molecule has 0 bridgehead atoms. The molecule has 6 nitrogen and oxygen atoms in total. The van der Waals surface area contributed by atoms with Crippen molar-refractivity contribution in [3.05, 3.63) is 92.6 Å². The molecule has 0 spiro atoms. The van der Waals surface area contributed by atoms with Crippen molar-refractivity contribution in [2.75, 3.05) is 14.2 Å². The fraction of sp³-hybridized carbons (Fsp3) is 0.120. The molecular formula is C25H19BrO6. The van der Waals surface area contributed by atoms with Gasteiger partial charge < -0.3 is 18.6 Å². The van der Waals surface area contributed by atoms with Crippen LogP contribution in [-0.2, 0) is 11.3 Å². The normalized spacial score (nSPS) is 10.7. The number of esters is 1. The van der Waals surface area contributed by atoms with Crippen LogP contribution in [0, 0.1) is 0 Å². The van der Waals surface area contributed by atoms with E-state index in [0.717, 1.165) is 10.0 Å². The van der Waals surface area contributed by atoms with Gasteiger partial charge in [-0.3, -0.25) is 4.79 Å². The summed E-state index contributed by atoms with van der Waals surface area (Å²) < 4.78 is 22.8. The highest BCUT2D eigenvalue weighted by Crippen LogP contribution is 2.35. The Labute approximate surface area is 192 Å². The average Bonchev–Trinajstić information content (AvgIpc) is 2.83. The van der Waals surface area contributed by atoms with Crippen molar-refractivity contribution in [1.82, 2.24) is 0 Å². The number of ether oxygens (including phenoxy) is 3. The van der Waals surface area contributed by atoms with Gasteiger partial charge in [0, 0.05) is 5.56 Å². The predicted octanol–water partition coefficient (Wildman–Crippen LogP) is 5.60. The van der Waals surface area contributed by atoms with Crippen LogP contribution in [0.15, 0.2) is 80.4 Å². The molecule has 0 aliphatic carbocycles. The number of carbonyl (C=O) groups excluding carboxylic acids is 1. The first-order valence-electron chi connectivity index (χ1n) is 9.71. The highest BCUT2D eigenvalue weighted by molar-refractivity contribution is 9.10. The van der Waals surface area contributed by atoms with Crippen LogP contribution in [0.2, 0.25) is 0 Å². The van der Waals surface area contributed by atoms with E-state index >= 15 is 0 Å². The van der Waals surface area contributed by atoms with Crippen LogP contribution >= 0.6 is 15.9 Å². The quantitative estimate of drug-likeness (QED) is 0.325. The van der Waals surface area contributed by atoms with Crippen LogP contribution in [0.25, 0.3) is 22.3 Å². The molecule has 4 aromatic rings. The zero-order valence-electron chi connectivity index (χ0n) is 17.4. The molecule has 32 heavy (non-hydrogen) atoms. The lowest BCUT2D eigenvalue weighted by atomic mass is 10.1. The maximum Gasteiger partial charge on any atom is 0.337 e. The largest absolute Gasteiger partial charge is 0.496 e. The minimum absolute atomic E-state index is 0.109. The van der Waals surface area contributed by atoms with Gasteiger partial charge in [-0.15, -0.1) is 0 Å². The summed E-state index contributed by atoms with van der Waals surface area (Å²) in [6.07, 6.45) is 0. The minimum atomic E-state index is -0.417. The summed E-state index contributed by atoms with van der Waals surface area (Å²) in [5.74, 6) is 0.672. The summed E-state index contributed by atoms with van der Waals surface area (Å²) in [5.41, 5.74) is 2.09. The fourth-order valence-corrected chi connectivity index (χ4v) is 3.80. The number of para-hydroxylation sites is 1. The van der Waals surface area contributed by atoms with Crippen LogP contribution in [0.3, 0.4) is 0 Å². The van der Waals surface area contributed by atoms with Crippen molar-refractivity contribution >= 4 is 32.9 Å². The van der Waals surface area contributed by atoms with Crippen LogP contribution in [0.1, 0.15) is 15.9 Å². The smallest absolute Gasteiger partial charge is 0.337 e. The fourth-order valence-electron chi connectivity index (χ4n) is 3.26. The van der Waals surface area contributed by atoms with Gasteiger partial charge in [-0.25, -0.2) is 4.79 Å². The molecule has 0 saturated heterocycles. The van der Waals surface area contributed by atoms with Gasteiger partial charge in [0.2, 0.25) is 11.2 Å². The summed E-state index contributed by atoms with van der Waals surface area (Å²) in [5, 5.41) is 0.430. The zero-order chi connectivity index (χ0) is 22.7. The molecule has 0 N–H and O–H groups in total. The number of halogens is 1. The highest BCUT2D eigenvalue weighted by Gasteiger charge is 2.19. The van der Waals surface area contributed by atoms with Gasteiger partial charge in [0.25, 0.3) is 0 Å². The Kier molecular flexibility index (Phi) is 6.28. The van der Waals surface area contributed by atoms with E-state index in [2.05, 4.69) is 15.9 Å². The third-order valence-corrected chi connectivity index (χ3v) is 5.55. The lowest BCUT2D eigenvalue weighted by Gasteiger charge is -2.13. The molecule has 7 heteroatoms. The third kappa shape index (κ3) is 4.24. The van der Waals surface area contributed by atoms with E-state index in [-0.39, 0.29) is 17.8 Å². The first-order chi connectivity index (χ1) is 15.5. The van der Waals surface area contributed by atoms with Gasteiger partial charge in [0.1, 0.15) is 17.9 Å². The molecule has 0 unspecified atom stereocenters. The predicted molar refractivity (Wildman–Crippen MR) is 124 cm³/mol. The SMILES string of the molecule is COC(=O)c1ccc(COc2c(-c3ccc(OC)c(Br)c3)oc3ccccc3c2=O)cc1. The Morgan fingerprint density at radius 1 is 1.00 bits per heavy atom. The summed E-state index contributed by atoms with van der Waals surface area (Å²) >= 11 is 3.47. The molecule has 0 saturated carbocycles. The Hall–Kier alpha value is -3.58. The molecule has 1 heterocycles. The molecule has 162 valence electrons. The van der Waals surface area contributed by atoms with Crippen molar-refractivity contribution in [3.63, 3.8) is 0 Å². The first kappa shape index (κ1) is 21.6. The van der Waals surface area contributed by atoms with Gasteiger partial charge in [-0.05, 0) is 64.0 Å². The lowest BCUT2D eigenvalue weighted by molar-refractivity contribution is 0.0600. The van der Waals surface area contributed by atoms with Crippen LogP contribution in [-0.4, -0.2) is 20.2 Å². The topological polar surface area (TPSA) is 75.0 Å². The van der Waals surface area contributed by atoms with Crippen molar-refractivity contribution in [1.29, 1.82) is 0 Å². The zero-order valence-corrected chi connectivity index (χ0v) is 19.0. The summed E-state index contributed by atoms with van der Waals surface area (Å²) in [6.45, 7) is 0.120. The monoisotopic (exact) mass is 494 g/mol. The summed E-state index contributed by atoms with van der Waals surface area (Å²) in [6, 6.07) is 19.2. The standard InChI is InChI=1S/C25H19BrO6/c1-29-21-12-11-17(13-19(21)26)23-24(22(27)18-5-3-4-6-20(18)32-23)31-14-15-7-9-16(10-8-15)25(28)30-2/h3-13H,14H2,1-2H3. The van der Waals surface area contributed by atoms with Gasteiger partial charge in [-0.1, -0.05) is 24.3 Å². The molecule has 3 aromatic carbocycles. The number of carbonyl (C=O) groups is 1. The molecule has 0 aliphatic rings. The molecule has 0 fully saturated rings. The molecule has 1 aromatic heterocycles. The van der Waals surface area contributed by atoms with Gasteiger partial charge in [-0.2, -0.15) is 0 Å². The molecule has 4 rings (SSSR count). The molecule has 0 amide bonds. The Morgan fingerprint density at radius 3 is 2.44 bits per heavy atom. The van der Waals surface area contributed by atoms with Gasteiger partial charge >= 0.3 is 5.97 Å². The van der Waals surface area contributed by atoms with E-state index in [9.17, 15) is 9.59 Å². The van der Waals surface area contributed by atoms with Crippen molar-refractivity contribution in [2.24, 2.45) is 0 Å². The van der Waals surface area contributed by atoms with Crippen LogP contribution < -0.4 is 14.9 Å². The molecule has 0 aliphatic heterocycles. The van der Waals surface area contributed by atoms with Crippen LogP contribution in [0.4, 0.5) is 0 Å². The second kappa shape index (κ2) is 9.28. The summed E-state index contributed by atoms with van der Waals surface area (Å²) in [7, 11) is 2.91. The van der Waals surface area contributed by atoms with Crippen LogP contribution in [0.5, 0.6) is 11.5 Å². The molecule has 0 atom stereocenters. The summed E-state index contributed by atoms with van der Waals surface area (Å²) in [4.78, 5) is 24.9. The maximum absolute atomic E-state index is 13.3. The number of methoxy groups -OCH3 is 2. The number of hydrogen-bond acceptors (Lipinski definition) is 6. The van der Waals surface area contributed by atoms with E-state index in [1.165, 1.54) is 7.11 Å². The van der Waals surface area contributed by atoms with Crippen molar-refractivity contribution < 1.29 is 23.4 Å².